The summed E-state index contributed by atoms with van der Waals surface area (Å²) in [5.74, 6) is -0.801. The molecule has 30 valence electrons. The van der Waals surface area contributed by atoms with Crippen LogP contribution < -0.4 is 34.8 Å². The summed E-state index contributed by atoms with van der Waals surface area (Å²) in [6.45, 7) is 1.05. The maximum atomic E-state index is 9.28. The summed E-state index contributed by atoms with van der Waals surface area (Å²) < 4.78 is 0. The Kier molecular flexibility index (Phi) is 8.74. The molecule has 0 N–H and O–H groups in total. The topological polar surface area (TPSA) is 49.4 Å². The van der Waals surface area contributed by atoms with Gasteiger partial charge in [0.1, 0.15) is 0 Å². The molecule has 0 aromatic rings. The van der Waals surface area contributed by atoms with Gasteiger partial charge in [0.05, 0.1) is 0 Å². The van der Waals surface area contributed by atoms with Crippen molar-refractivity contribution in [1.82, 2.24) is 0 Å². The molecule has 6 heavy (non-hydrogen) atoms. The fourth-order valence-electron chi connectivity index (χ4n) is 0. The van der Waals surface area contributed by atoms with Gasteiger partial charge in [0.25, 0.3) is 5.97 Å². The van der Waals surface area contributed by atoms with Gasteiger partial charge >= 0.3 is 29.6 Å². The fraction of sp³-hybridized carbons (Fsp3) is 0.500. The van der Waals surface area contributed by atoms with Crippen LogP contribution in [-0.2, 0) is 9.68 Å². The zero-order valence-electron chi connectivity index (χ0n) is 3.72. The summed E-state index contributed by atoms with van der Waals surface area (Å²) in [5.41, 5.74) is 0. The molecule has 4 heteroatoms. The normalized spacial score (nSPS) is 5.67. The van der Waals surface area contributed by atoms with E-state index >= 15 is 0 Å². The van der Waals surface area contributed by atoms with Gasteiger partial charge in [-0.15, -0.1) is 0 Å². The third-order valence-electron chi connectivity index (χ3n) is 0.117. The van der Waals surface area contributed by atoms with Gasteiger partial charge in [-0.2, -0.15) is 0 Å². The van der Waals surface area contributed by atoms with Crippen LogP contribution in [0.25, 0.3) is 0 Å². The predicted molar refractivity (Wildman–Crippen MR) is 11.8 cm³/mol. The Morgan fingerprint density at radius 1 is 1.83 bits per heavy atom. The van der Waals surface area contributed by atoms with Crippen LogP contribution in [0.3, 0.4) is 0 Å². The van der Waals surface area contributed by atoms with Crippen molar-refractivity contribution in [3.8, 4) is 0 Å². The van der Waals surface area contributed by atoms with Gasteiger partial charge in [-0.05, 0) is 0 Å². The summed E-state index contributed by atoms with van der Waals surface area (Å²) >= 11 is 0. The first-order chi connectivity index (χ1) is 2.27. The quantitative estimate of drug-likeness (QED) is 0.175. The van der Waals surface area contributed by atoms with E-state index in [-0.39, 0.29) is 29.6 Å². The van der Waals surface area contributed by atoms with Crippen molar-refractivity contribution in [2.75, 3.05) is 0 Å². The fourth-order valence-corrected chi connectivity index (χ4v) is 0. The minimum absolute atomic E-state index is 0. The van der Waals surface area contributed by atoms with Crippen molar-refractivity contribution >= 4 is 5.97 Å². The van der Waals surface area contributed by atoms with Crippen LogP contribution in [0.5, 0.6) is 0 Å². The molecule has 0 spiro atoms. The smallest absolute Gasteiger partial charge is 0.662 e. The molecule has 3 nitrogen and oxygen atoms in total. The third-order valence-corrected chi connectivity index (χ3v) is 0.117. The van der Waals surface area contributed by atoms with E-state index in [1.807, 2.05) is 0 Å². The maximum absolute atomic E-state index is 9.28. The first-order valence-corrected chi connectivity index (χ1v) is 1.07. The Bertz CT molecular complexity index is 44.1. The largest absolute Gasteiger partial charge is 1.00 e. The number of carbonyl (C=O) groups is 1. The molecule has 0 radical (unpaired) electrons. The molecule has 0 heterocycles. The molecule has 0 saturated carbocycles. The van der Waals surface area contributed by atoms with Crippen LogP contribution in [0.15, 0.2) is 0 Å². The van der Waals surface area contributed by atoms with Gasteiger partial charge in [-0.3, -0.25) is 4.79 Å². The van der Waals surface area contributed by atoms with Crippen LogP contribution in [0.2, 0.25) is 0 Å². The molecular formula is C2H3NaO3. The standard InChI is InChI=1S/C2H4O3.Na/c1-2(3)5-4;/h4H,1H3;/q;+1/p-1. The van der Waals surface area contributed by atoms with Crippen LogP contribution in [0.1, 0.15) is 6.92 Å². The molecule has 0 amide bonds. The zero-order valence-corrected chi connectivity index (χ0v) is 5.72. The van der Waals surface area contributed by atoms with Gasteiger partial charge in [-0.25, -0.2) is 0 Å². The average Bonchev–Trinajstić information content (AvgIpc) is 1.38. The van der Waals surface area contributed by atoms with Crippen molar-refractivity contribution in [3.05, 3.63) is 0 Å². The summed E-state index contributed by atoms with van der Waals surface area (Å²) in [7, 11) is 0. The van der Waals surface area contributed by atoms with E-state index < -0.39 is 5.97 Å². The third kappa shape index (κ3) is 8.83. The average molecular weight is 98.0 g/mol. The Morgan fingerprint density at radius 3 is 2.00 bits per heavy atom. The number of hydrogen-bond donors (Lipinski definition) is 0. The van der Waals surface area contributed by atoms with Gasteiger partial charge in [0.2, 0.25) is 0 Å². The molecule has 0 aliphatic carbocycles. The molecule has 0 aliphatic heterocycles. The predicted octanol–water partition coefficient (Wildman–Crippen LogP) is -4.17. The zero-order chi connectivity index (χ0) is 4.28. The van der Waals surface area contributed by atoms with Gasteiger partial charge in [0, 0.05) is 6.92 Å². The van der Waals surface area contributed by atoms with E-state index in [9.17, 15) is 4.79 Å². The summed E-state index contributed by atoms with van der Waals surface area (Å²) in [5, 5.41) is 8.78. The first kappa shape index (κ1) is 9.66. The first-order valence-electron chi connectivity index (χ1n) is 1.07. The SMILES string of the molecule is CC(=O)O[O-].[Na+]. The van der Waals surface area contributed by atoms with E-state index in [0.717, 1.165) is 6.92 Å². The van der Waals surface area contributed by atoms with Crippen molar-refractivity contribution in [3.63, 3.8) is 0 Å². The molecule has 0 aliphatic rings. The second-order valence-electron chi connectivity index (χ2n) is 0.575. The number of rotatable bonds is 0. The van der Waals surface area contributed by atoms with E-state index in [0.29, 0.717) is 0 Å². The molecule has 0 aromatic carbocycles. The molecule has 0 saturated heterocycles. The van der Waals surface area contributed by atoms with Crippen molar-refractivity contribution in [2.24, 2.45) is 0 Å². The Hall–Kier alpha value is 0.430. The molecule has 0 fully saturated rings. The van der Waals surface area contributed by atoms with Crippen LogP contribution in [0.4, 0.5) is 0 Å². The number of hydrogen-bond acceptors (Lipinski definition) is 3. The minimum Gasteiger partial charge on any atom is -0.662 e. The van der Waals surface area contributed by atoms with Crippen LogP contribution in [-0.4, -0.2) is 5.97 Å². The second-order valence-corrected chi connectivity index (χ2v) is 0.575. The van der Waals surface area contributed by atoms with E-state index in [1.165, 1.54) is 0 Å². The van der Waals surface area contributed by atoms with Crippen LogP contribution >= 0.6 is 0 Å². The Morgan fingerprint density at radius 2 is 2.00 bits per heavy atom. The molecule has 0 unspecified atom stereocenters. The summed E-state index contributed by atoms with van der Waals surface area (Å²) in [6, 6.07) is 0. The Balaban J connectivity index is 0. The number of carbonyl (C=O) groups excluding carboxylic acids is 1. The van der Waals surface area contributed by atoms with Gasteiger partial charge < -0.3 is 10.1 Å². The summed E-state index contributed by atoms with van der Waals surface area (Å²) in [6.07, 6.45) is 0. The summed E-state index contributed by atoms with van der Waals surface area (Å²) in [4.78, 5) is 12.1. The van der Waals surface area contributed by atoms with E-state index in [1.54, 1.807) is 0 Å². The van der Waals surface area contributed by atoms with E-state index in [2.05, 4.69) is 4.89 Å². The monoisotopic (exact) mass is 98.0 g/mol. The molecule has 0 aromatic heterocycles. The van der Waals surface area contributed by atoms with Gasteiger partial charge in [-0.1, -0.05) is 0 Å². The molecule has 0 bridgehead atoms. The minimum atomic E-state index is -0.801. The van der Waals surface area contributed by atoms with Crippen molar-refractivity contribution in [1.29, 1.82) is 0 Å². The molecule has 0 rings (SSSR count). The van der Waals surface area contributed by atoms with Crippen molar-refractivity contribution < 1.29 is 44.5 Å². The van der Waals surface area contributed by atoms with E-state index in [4.69, 9.17) is 5.26 Å². The maximum Gasteiger partial charge on any atom is 1.00 e. The van der Waals surface area contributed by atoms with Crippen molar-refractivity contribution in [2.45, 2.75) is 6.92 Å². The second kappa shape index (κ2) is 5.43. The van der Waals surface area contributed by atoms with Crippen LogP contribution in [0, 0.1) is 0 Å². The van der Waals surface area contributed by atoms with Gasteiger partial charge in [0.15, 0.2) is 0 Å². The Labute approximate surface area is 57.5 Å². The molecular weight excluding hydrogens is 95.0 g/mol. The molecule has 0 atom stereocenters.